The van der Waals surface area contributed by atoms with Gasteiger partial charge in [-0.15, -0.1) is 0 Å². The summed E-state index contributed by atoms with van der Waals surface area (Å²) in [6.07, 6.45) is 0.153. The van der Waals surface area contributed by atoms with Crippen molar-refractivity contribution in [2.75, 3.05) is 16.8 Å². The van der Waals surface area contributed by atoms with Crippen molar-refractivity contribution in [2.24, 2.45) is 0 Å². The fraction of sp³-hybridized carbons (Fsp3) is 0.300. The number of rotatable bonds is 4. The normalized spacial score (nSPS) is 15.2. The summed E-state index contributed by atoms with van der Waals surface area (Å²) >= 11 is 6.07. The minimum Gasteiger partial charge on any atom is -0.476 e. The second-order valence-electron chi connectivity index (χ2n) is 6.82. The number of anilines is 2. The third-order valence-electron chi connectivity index (χ3n) is 4.24. The lowest BCUT2D eigenvalue weighted by molar-refractivity contribution is -0.132. The smallest absolute Gasteiger partial charge is 0.270 e. The Balaban J connectivity index is 1.76. The van der Waals surface area contributed by atoms with Crippen LogP contribution in [0, 0.1) is 6.92 Å². The highest BCUT2D eigenvalue weighted by atomic mass is 35.5. The van der Waals surface area contributed by atoms with E-state index in [1.165, 1.54) is 0 Å². The Morgan fingerprint density at radius 3 is 2.69 bits per heavy atom. The Hall–Kier alpha value is -2.53. The number of nitrogens with one attached hydrogen (secondary N) is 1. The van der Waals surface area contributed by atoms with E-state index in [0.717, 1.165) is 5.56 Å². The standard InChI is InChI=1S/C20H21ClN2O3/c1-13-8-9-17-16(12-13)23(19(25)20(2,3)26-17)11-10-18(24)22-15-7-5-4-6-14(15)21/h4-9,12H,10-11H2,1-3H3,(H,22,24). The molecule has 6 heteroatoms. The minimum atomic E-state index is -0.971. The minimum absolute atomic E-state index is 0.153. The van der Waals surface area contributed by atoms with Gasteiger partial charge in [0.05, 0.1) is 16.4 Å². The highest BCUT2D eigenvalue weighted by Crippen LogP contribution is 2.38. The maximum atomic E-state index is 12.8. The molecular formula is C20H21ClN2O3. The molecule has 2 aromatic carbocycles. The topological polar surface area (TPSA) is 58.6 Å². The van der Waals surface area contributed by atoms with Gasteiger partial charge in [0.15, 0.2) is 5.60 Å². The van der Waals surface area contributed by atoms with E-state index in [2.05, 4.69) is 5.32 Å². The van der Waals surface area contributed by atoms with Gasteiger partial charge in [-0.25, -0.2) is 0 Å². The Kier molecular flexibility index (Phi) is 4.92. The van der Waals surface area contributed by atoms with Gasteiger partial charge in [0.2, 0.25) is 5.91 Å². The molecule has 5 nitrogen and oxygen atoms in total. The molecule has 0 unspecified atom stereocenters. The van der Waals surface area contributed by atoms with Gasteiger partial charge >= 0.3 is 0 Å². The summed E-state index contributed by atoms with van der Waals surface area (Å²) < 4.78 is 5.83. The van der Waals surface area contributed by atoms with E-state index in [1.807, 2.05) is 25.1 Å². The number of ether oxygens (including phenoxy) is 1. The quantitative estimate of drug-likeness (QED) is 0.875. The number of carbonyl (C=O) groups excluding carboxylic acids is 2. The van der Waals surface area contributed by atoms with Gasteiger partial charge in [0.1, 0.15) is 5.75 Å². The summed E-state index contributed by atoms with van der Waals surface area (Å²) in [4.78, 5) is 26.7. The summed E-state index contributed by atoms with van der Waals surface area (Å²) in [5.74, 6) is 0.275. The van der Waals surface area contributed by atoms with Gasteiger partial charge in [-0.2, -0.15) is 0 Å². The number of hydrogen-bond acceptors (Lipinski definition) is 3. The van der Waals surface area contributed by atoms with E-state index in [0.29, 0.717) is 22.1 Å². The number of benzene rings is 2. The second kappa shape index (κ2) is 7.00. The fourth-order valence-corrected chi connectivity index (χ4v) is 3.07. The third-order valence-corrected chi connectivity index (χ3v) is 4.57. The van der Waals surface area contributed by atoms with E-state index in [4.69, 9.17) is 16.3 Å². The molecule has 2 amide bonds. The molecule has 136 valence electrons. The van der Waals surface area contributed by atoms with Crippen molar-refractivity contribution in [3.05, 3.63) is 53.1 Å². The summed E-state index contributed by atoms with van der Waals surface area (Å²) in [6, 6.07) is 12.7. The summed E-state index contributed by atoms with van der Waals surface area (Å²) in [5.41, 5.74) is 1.30. The highest BCUT2D eigenvalue weighted by Gasteiger charge is 2.40. The summed E-state index contributed by atoms with van der Waals surface area (Å²) in [6.45, 7) is 5.68. The van der Waals surface area contributed by atoms with Crippen LogP contribution in [0.2, 0.25) is 5.02 Å². The zero-order chi connectivity index (χ0) is 18.9. The molecule has 26 heavy (non-hydrogen) atoms. The number of carbonyl (C=O) groups is 2. The predicted octanol–water partition coefficient (Wildman–Crippen LogP) is 4.18. The van der Waals surface area contributed by atoms with Gasteiger partial charge in [-0.3, -0.25) is 9.59 Å². The van der Waals surface area contributed by atoms with Gasteiger partial charge in [-0.1, -0.05) is 29.8 Å². The number of nitrogens with zero attached hydrogens (tertiary/aromatic N) is 1. The lowest BCUT2D eigenvalue weighted by Crippen LogP contribution is -2.53. The van der Waals surface area contributed by atoms with Gasteiger partial charge < -0.3 is 15.0 Å². The molecule has 0 fully saturated rings. The molecule has 1 aliphatic rings. The molecule has 0 saturated heterocycles. The zero-order valence-electron chi connectivity index (χ0n) is 15.0. The first kappa shape index (κ1) is 18.3. The largest absolute Gasteiger partial charge is 0.476 e. The Morgan fingerprint density at radius 1 is 1.23 bits per heavy atom. The maximum Gasteiger partial charge on any atom is 0.270 e. The van der Waals surface area contributed by atoms with E-state index in [-0.39, 0.29) is 24.8 Å². The van der Waals surface area contributed by atoms with Gasteiger partial charge in [-0.05, 0) is 50.6 Å². The first-order valence-electron chi connectivity index (χ1n) is 8.44. The van der Waals surface area contributed by atoms with Crippen molar-refractivity contribution in [1.82, 2.24) is 0 Å². The first-order valence-corrected chi connectivity index (χ1v) is 8.82. The number of fused-ring (bicyclic) bond motifs is 1. The van der Waals surface area contributed by atoms with Crippen LogP contribution in [0.5, 0.6) is 5.75 Å². The molecule has 2 aromatic rings. The van der Waals surface area contributed by atoms with Crippen LogP contribution in [-0.4, -0.2) is 24.0 Å². The van der Waals surface area contributed by atoms with E-state index < -0.39 is 5.60 Å². The Labute approximate surface area is 157 Å². The second-order valence-corrected chi connectivity index (χ2v) is 7.23. The fourth-order valence-electron chi connectivity index (χ4n) is 2.89. The molecular weight excluding hydrogens is 352 g/mol. The molecule has 1 aliphatic heterocycles. The van der Waals surface area contributed by atoms with Crippen molar-refractivity contribution in [3.8, 4) is 5.75 Å². The van der Waals surface area contributed by atoms with Crippen molar-refractivity contribution in [2.45, 2.75) is 32.8 Å². The SMILES string of the molecule is Cc1ccc2c(c1)N(CCC(=O)Nc1ccccc1Cl)C(=O)C(C)(C)O2. The maximum absolute atomic E-state index is 12.8. The molecule has 3 rings (SSSR count). The molecule has 0 aliphatic carbocycles. The molecule has 1 N–H and O–H groups in total. The number of amides is 2. The number of halogens is 1. The Bertz CT molecular complexity index is 864. The average Bonchev–Trinajstić information content (AvgIpc) is 2.58. The zero-order valence-corrected chi connectivity index (χ0v) is 15.8. The average molecular weight is 373 g/mol. The summed E-state index contributed by atoms with van der Waals surface area (Å²) in [7, 11) is 0. The van der Waals surface area contributed by atoms with Crippen molar-refractivity contribution in [1.29, 1.82) is 0 Å². The van der Waals surface area contributed by atoms with Crippen LogP contribution in [0.1, 0.15) is 25.8 Å². The van der Waals surface area contributed by atoms with Gasteiger partial charge in [0.25, 0.3) is 5.91 Å². The Morgan fingerprint density at radius 2 is 1.96 bits per heavy atom. The number of hydrogen-bond donors (Lipinski definition) is 1. The highest BCUT2D eigenvalue weighted by molar-refractivity contribution is 6.33. The van der Waals surface area contributed by atoms with Crippen molar-refractivity contribution >= 4 is 34.8 Å². The third kappa shape index (κ3) is 3.68. The van der Waals surface area contributed by atoms with E-state index in [1.54, 1.807) is 43.0 Å². The molecule has 1 heterocycles. The molecule has 0 spiro atoms. The van der Waals surface area contributed by atoms with Crippen LogP contribution in [0.25, 0.3) is 0 Å². The van der Waals surface area contributed by atoms with E-state index in [9.17, 15) is 9.59 Å². The lowest BCUT2D eigenvalue weighted by Gasteiger charge is -2.38. The molecule has 0 saturated carbocycles. The molecule has 0 atom stereocenters. The number of para-hydroxylation sites is 1. The van der Waals surface area contributed by atoms with Crippen LogP contribution in [-0.2, 0) is 9.59 Å². The molecule has 0 radical (unpaired) electrons. The van der Waals surface area contributed by atoms with Crippen molar-refractivity contribution in [3.63, 3.8) is 0 Å². The first-order chi connectivity index (χ1) is 12.3. The van der Waals surface area contributed by atoms with Crippen molar-refractivity contribution < 1.29 is 14.3 Å². The monoisotopic (exact) mass is 372 g/mol. The summed E-state index contributed by atoms with van der Waals surface area (Å²) in [5, 5.41) is 3.26. The lowest BCUT2D eigenvalue weighted by atomic mass is 10.0. The van der Waals surface area contributed by atoms with Crippen LogP contribution in [0.4, 0.5) is 11.4 Å². The van der Waals surface area contributed by atoms with Crippen LogP contribution >= 0.6 is 11.6 Å². The molecule has 0 aromatic heterocycles. The van der Waals surface area contributed by atoms with E-state index >= 15 is 0 Å². The predicted molar refractivity (Wildman–Crippen MR) is 103 cm³/mol. The van der Waals surface area contributed by atoms with Gasteiger partial charge in [0, 0.05) is 13.0 Å². The van der Waals surface area contributed by atoms with Crippen LogP contribution < -0.4 is 15.0 Å². The number of aryl methyl sites for hydroxylation is 1. The van der Waals surface area contributed by atoms with Crippen LogP contribution in [0.15, 0.2) is 42.5 Å². The molecule has 0 bridgehead atoms. The van der Waals surface area contributed by atoms with Crippen LogP contribution in [0.3, 0.4) is 0 Å².